The average Bonchev–Trinajstić information content (AvgIpc) is 3.22. The van der Waals surface area contributed by atoms with Gasteiger partial charge in [0.1, 0.15) is 5.75 Å². The van der Waals surface area contributed by atoms with Crippen LogP contribution in [0.3, 0.4) is 0 Å². The van der Waals surface area contributed by atoms with Gasteiger partial charge in [-0.2, -0.15) is 5.10 Å². The average molecular weight is 363 g/mol. The third kappa shape index (κ3) is 4.12. The van der Waals surface area contributed by atoms with Gasteiger partial charge in [0.2, 0.25) is 0 Å². The van der Waals surface area contributed by atoms with E-state index in [4.69, 9.17) is 16.3 Å². The molecule has 0 aliphatic rings. The smallest absolute Gasteiger partial charge is 0.343 e. The molecule has 10 nitrogen and oxygen atoms in total. The minimum atomic E-state index is -0.672. The van der Waals surface area contributed by atoms with Gasteiger partial charge in [0.25, 0.3) is 5.91 Å². The molecule has 0 bridgehead atoms. The third-order valence-corrected chi connectivity index (χ3v) is 3.28. The van der Waals surface area contributed by atoms with Crippen LogP contribution in [0.1, 0.15) is 10.5 Å². The molecule has 2 N–H and O–H groups in total. The third-order valence-electron chi connectivity index (χ3n) is 3.04. The van der Waals surface area contributed by atoms with Gasteiger partial charge < -0.3 is 20.2 Å². The van der Waals surface area contributed by atoms with Crippen molar-refractivity contribution in [3.05, 3.63) is 63.6 Å². The first-order valence-corrected chi connectivity index (χ1v) is 7.31. The van der Waals surface area contributed by atoms with Crippen molar-refractivity contribution >= 4 is 29.0 Å². The van der Waals surface area contributed by atoms with Crippen LogP contribution < -0.4 is 10.1 Å². The number of nitro groups is 1. The van der Waals surface area contributed by atoms with Crippen LogP contribution in [-0.2, 0) is 6.73 Å². The molecule has 25 heavy (non-hydrogen) atoms. The Morgan fingerprint density at radius 3 is 3.00 bits per heavy atom. The monoisotopic (exact) mass is 362 g/mol. The molecule has 0 spiro atoms. The predicted octanol–water partition coefficient (Wildman–Crippen LogP) is 2.46. The number of aromatic amines is 1. The van der Waals surface area contributed by atoms with Crippen molar-refractivity contribution in [2.75, 3.05) is 5.32 Å². The molecular weight excluding hydrogens is 352 g/mol. The van der Waals surface area contributed by atoms with E-state index < -0.39 is 10.8 Å². The van der Waals surface area contributed by atoms with Gasteiger partial charge in [0.05, 0.1) is 24.1 Å². The predicted molar refractivity (Wildman–Crippen MR) is 87.5 cm³/mol. The Morgan fingerprint density at radius 1 is 1.44 bits per heavy atom. The number of aromatic nitrogens is 4. The number of amides is 1. The van der Waals surface area contributed by atoms with Gasteiger partial charge in [-0.05, 0) is 23.1 Å². The molecule has 128 valence electrons. The van der Waals surface area contributed by atoms with Crippen molar-refractivity contribution in [1.82, 2.24) is 20.0 Å². The number of hydrogen-bond donors (Lipinski definition) is 2. The molecule has 1 aromatic carbocycles. The number of nitrogens with one attached hydrogen (secondary N) is 2. The number of hydrogen-bond acceptors (Lipinski definition) is 6. The van der Waals surface area contributed by atoms with Crippen LogP contribution in [0.15, 0.2) is 42.7 Å². The Balaban J connectivity index is 1.59. The first-order valence-electron chi connectivity index (χ1n) is 6.93. The first-order chi connectivity index (χ1) is 12.0. The number of anilines is 1. The number of ether oxygens (including phenoxy) is 1. The van der Waals surface area contributed by atoms with E-state index in [0.717, 1.165) is 6.07 Å². The molecular formula is C14H11ClN6O4. The number of carbonyl (C=O) groups is 1. The Bertz CT molecular complexity index is 921. The number of rotatable bonds is 6. The lowest BCUT2D eigenvalue weighted by atomic mass is 10.3. The second-order valence-electron chi connectivity index (χ2n) is 4.85. The largest absolute Gasteiger partial charge is 0.471 e. The van der Waals surface area contributed by atoms with Crippen molar-refractivity contribution in [1.29, 1.82) is 0 Å². The summed E-state index contributed by atoms with van der Waals surface area (Å²) in [6.45, 7) is 0.115. The molecule has 0 saturated heterocycles. The zero-order valence-electron chi connectivity index (χ0n) is 12.5. The topological polar surface area (TPSA) is 128 Å². The molecule has 1 amide bonds. The van der Waals surface area contributed by atoms with Gasteiger partial charge in [-0.25, -0.2) is 4.68 Å². The zero-order valence-corrected chi connectivity index (χ0v) is 13.3. The van der Waals surface area contributed by atoms with Crippen molar-refractivity contribution in [2.45, 2.75) is 6.73 Å². The summed E-state index contributed by atoms with van der Waals surface area (Å²) in [7, 11) is 0. The Hall–Kier alpha value is -3.40. The van der Waals surface area contributed by atoms with Crippen molar-refractivity contribution in [3.63, 3.8) is 0 Å². The molecule has 0 fully saturated rings. The quantitative estimate of drug-likeness (QED) is 0.512. The van der Waals surface area contributed by atoms with Crippen LogP contribution in [0.5, 0.6) is 5.75 Å². The standard InChI is InChI=1S/C14H11ClN6O4/c15-9-2-1-3-11(4-9)25-8-20-7-10(6-16-20)17-14(22)12-5-13(19-18-12)21(23)24/h1-7H,8H2,(H,17,22)(H,18,19). The fourth-order valence-electron chi connectivity index (χ4n) is 1.91. The number of H-pyrrole nitrogens is 1. The number of halogens is 1. The second-order valence-corrected chi connectivity index (χ2v) is 5.29. The van der Waals surface area contributed by atoms with E-state index in [0.29, 0.717) is 16.5 Å². The van der Waals surface area contributed by atoms with E-state index in [2.05, 4.69) is 20.6 Å². The fourth-order valence-corrected chi connectivity index (χ4v) is 2.09. The summed E-state index contributed by atoms with van der Waals surface area (Å²) in [4.78, 5) is 21.9. The maximum Gasteiger partial charge on any atom is 0.343 e. The minimum Gasteiger partial charge on any atom is -0.471 e. The summed E-state index contributed by atoms with van der Waals surface area (Å²) in [5.41, 5.74) is 0.292. The van der Waals surface area contributed by atoms with E-state index in [9.17, 15) is 14.9 Å². The lowest BCUT2D eigenvalue weighted by Crippen LogP contribution is -2.12. The molecule has 2 aromatic heterocycles. The molecule has 11 heteroatoms. The van der Waals surface area contributed by atoms with Gasteiger partial charge in [0.15, 0.2) is 12.4 Å². The Labute approximate surface area is 145 Å². The van der Waals surface area contributed by atoms with Crippen LogP contribution in [-0.4, -0.2) is 30.8 Å². The number of carbonyl (C=O) groups excluding carboxylic acids is 1. The van der Waals surface area contributed by atoms with Crippen LogP contribution in [0.25, 0.3) is 0 Å². The molecule has 3 aromatic rings. The van der Waals surface area contributed by atoms with Crippen molar-refractivity contribution < 1.29 is 14.5 Å². The molecule has 0 atom stereocenters. The summed E-state index contributed by atoms with van der Waals surface area (Å²) in [6, 6.07) is 7.95. The maximum absolute atomic E-state index is 12.0. The number of nitrogens with zero attached hydrogens (tertiary/aromatic N) is 4. The molecule has 0 aliphatic heterocycles. The summed E-state index contributed by atoms with van der Waals surface area (Å²) in [5, 5.41) is 23.4. The van der Waals surface area contributed by atoms with Gasteiger partial charge in [-0.15, -0.1) is 5.10 Å². The first kappa shape index (κ1) is 16.5. The normalized spacial score (nSPS) is 10.4. The number of benzene rings is 1. The molecule has 0 saturated carbocycles. The zero-order chi connectivity index (χ0) is 17.8. The maximum atomic E-state index is 12.0. The highest BCUT2D eigenvalue weighted by molar-refractivity contribution is 6.30. The molecule has 2 heterocycles. The van der Waals surface area contributed by atoms with Crippen LogP contribution in [0.4, 0.5) is 11.5 Å². The summed E-state index contributed by atoms with van der Waals surface area (Å²) in [5.74, 6) is -0.382. The van der Waals surface area contributed by atoms with Crippen LogP contribution >= 0.6 is 11.6 Å². The molecule has 0 unspecified atom stereocenters. The van der Waals surface area contributed by atoms with Crippen LogP contribution in [0.2, 0.25) is 5.02 Å². The molecule has 0 aliphatic carbocycles. The van der Waals surface area contributed by atoms with E-state index >= 15 is 0 Å². The van der Waals surface area contributed by atoms with Crippen molar-refractivity contribution in [3.8, 4) is 5.75 Å². The van der Waals surface area contributed by atoms with Gasteiger partial charge in [-0.3, -0.25) is 4.79 Å². The van der Waals surface area contributed by atoms with Crippen molar-refractivity contribution in [2.24, 2.45) is 0 Å². The minimum absolute atomic E-state index is 0.102. The second kappa shape index (κ2) is 7.01. The summed E-state index contributed by atoms with van der Waals surface area (Å²) < 4.78 is 6.98. The lowest BCUT2D eigenvalue weighted by Gasteiger charge is -2.06. The fraction of sp³-hybridized carbons (Fsp3) is 0.0714. The summed E-state index contributed by atoms with van der Waals surface area (Å²) in [6.07, 6.45) is 2.96. The van der Waals surface area contributed by atoms with E-state index in [-0.39, 0.29) is 18.2 Å². The highest BCUT2D eigenvalue weighted by Gasteiger charge is 2.17. The van der Waals surface area contributed by atoms with Crippen LogP contribution in [0, 0.1) is 10.1 Å². The van der Waals surface area contributed by atoms with Gasteiger partial charge >= 0.3 is 5.82 Å². The Kier molecular flexibility index (Phi) is 4.61. The Morgan fingerprint density at radius 2 is 2.28 bits per heavy atom. The highest BCUT2D eigenvalue weighted by Crippen LogP contribution is 2.18. The molecule has 3 rings (SSSR count). The lowest BCUT2D eigenvalue weighted by molar-refractivity contribution is -0.389. The van der Waals surface area contributed by atoms with Gasteiger partial charge in [0, 0.05) is 5.02 Å². The van der Waals surface area contributed by atoms with E-state index in [1.807, 2.05) is 0 Å². The van der Waals surface area contributed by atoms with E-state index in [1.54, 1.807) is 30.5 Å². The molecule has 0 radical (unpaired) electrons. The highest BCUT2D eigenvalue weighted by atomic mass is 35.5. The van der Waals surface area contributed by atoms with Gasteiger partial charge in [-0.1, -0.05) is 22.8 Å². The van der Waals surface area contributed by atoms with E-state index in [1.165, 1.54) is 10.9 Å². The summed E-state index contributed by atoms with van der Waals surface area (Å²) >= 11 is 5.87. The SMILES string of the molecule is O=C(Nc1cnn(COc2cccc(Cl)c2)c1)c1cc([N+](=O)[O-])[nH]n1.